The van der Waals surface area contributed by atoms with Gasteiger partial charge in [0, 0.05) is 47.0 Å². The highest BCUT2D eigenvalue weighted by Crippen LogP contribution is 2.35. The molecule has 2 aromatic heterocycles. The minimum absolute atomic E-state index is 0.0119. The Morgan fingerprint density at radius 2 is 0.961 bits per heavy atom. The number of H-pyrrole nitrogens is 2. The molecule has 0 radical (unpaired) electrons. The highest BCUT2D eigenvalue weighted by atomic mass is 16.5. The van der Waals surface area contributed by atoms with Crippen molar-refractivity contribution in [3.05, 3.63) is 131 Å². The Balaban J connectivity index is 1.03. The van der Waals surface area contributed by atoms with Gasteiger partial charge in [0.15, 0.2) is 0 Å². The van der Waals surface area contributed by atoms with Gasteiger partial charge in [-0.15, -0.1) is 0 Å². The maximum absolute atomic E-state index is 13.6. The van der Waals surface area contributed by atoms with Crippen LogP contribution in [0.15, 0.2) is 97.3 Å². The van der Waals surface area contributed by atoms with E-state index in [0.717, 1.165) is 31.6 Å². The molecule has 2 aliphatic rings. The van der Waals surface area contributed by atoms with Crippen LogP contribution in [0.25, 0.3) is 21.8 Å². The van der Waals surface area contributed by atoms with Crippen LogP contribution >= 0.6 is 0 Å². The highest BCUT2D eigenvalue weighted by Gasteiger charge is 2.45. The summed E-state index contributed by atoms with van der Waals surface area (Å²) in [5.41, 5.74) is 2.77. The van der Waals surface area contributed by atoms with Crippen LogP contribution in [0.5, 0.6) is 11.5 Å². The molecule has 13 heteroatoms. The summed E-state index contributed by atoms with van der Waals surface area (Å²) >= 11 is 0. The third kappa shape index (κ3) is 5.10. The number of amides is 4. The predicted octanol–water partition coefficient (Wildman–Crippen LogP) is 5.03. The van der Waals surface area contributed by atoms with Gasteiger partial charge >= 0.3 is 11.9 Å². The van der Waals surface area contributed by atoms with Gasteiger partial charge in [0.1, 0.15) is 23.6 Å². The Hall–Kier alpha value is -7.02. The van der Waals surface area contributed by atoms with E-state index in [1.54, 1.807) is 12.4 Å². The molecule has 2 unspecified atom stereocenters. The van der Waals surface area contributed by atoms with Crippen molar-refractivity contribution in [2.75, 3.05) is 0 Å². The van der Waals surface area contributed by atoms with Crippen LogP contribution in [0.4, 0.5) is 0 Å². The van der Waals surface area contributed by atoms with Gasteiger partial charge in [-0.2, -0.15) is 0 Å². The number of aliphatic carboxylic acids is 2. The summed E-state index contributed by atoms with van der Waals surface area (Å²) < 4.78 is 5.94. The van der Waals surface area contributed by atoms with E-state index in [1.165, 1.54) is 36.4 Å². The fraction of sp³-hybridized carbons (Fsp3) is 0.105. The number of nitrogens with one attached hydrogen (secondary N) is 2. The number of benzene rings is 4. The van der Waals surface area contributed by atoms with Gasteiger partial charge in [0.25, 0.3) is 23.6 Å². The molecule has 8 rings (SSSR count). The molecule has 0 saturated heterocycles. The number of aromatic nitrogens is 2. The molecule has 13 nitrogen and oxygen atoms in total. The number of carboxylic acid groups (broad SMARTS) is 2. The number of carbonyl (C=O) groups is 6. The number of imide groups is 2. The van der Waals surface area contributed by atoms with Crippen molar-refractivity contribution >= 4 is 57.4 Å². The molecular formula is C38H26N4O9. The van der Waals surface area contributed by atoms with Gasteiger partial charge in [-0.25, -0.2) is 9.59 Å². The highest BCUT2D eigenvalue weighted by molar-refractivity contribution is 6.23. The van der Waals surface area contributed by atoms with Crippen LogP contribution in [0, 0.1) is 0 Å². The number of ether oxygens (including phenoxy) is 1. The lowest BCUT2D eigenvalue weighted by Crippen LogP contribution is -2.46. The van der Waals surface area contributed by atoms with E-state index in [-0.39, 0.29) is 46.6 Å². The van der Waals surface area contributed by atoms with E-state index >= 15 is 0 Å². The number of carbonyl (C=O) groups excluding carboxylic acids is 4. The summed E-state index contributed by atoms with van der Waals surface area (Å²) in [7, 11) is 0. The number of carboxylic acids is 2. The molecular weight excluding hydrogens is 656 g/mol. The van der Waals surface area contributed by atoms with Crippen LogP contribution in [-0.4, -0.2) is 77.6 Å². The standard InChI is InChI=1S/C38H26N4O9/c43-33-25-11-9-21(15-27(25)35(45)41(33)31(37(47)48)13-19-17-39-29-7-3-1-5-23(19)29)51-22-10-12-26-28(16-22)36(46)42(34(26)44)32(38(49)50)14-20-18-40-30-8-4-2-6-24(20)30/h1-12,15-18,31-32,39-40H,13-14H2,(H,47,48)(H,49,50). The lowest BCUT2D eigenvalue weighted by molar-refractivity contribution is -0.142. The summed E-state index contributed by atoms with van der Waals surface area (Å²) in [5.74, 6) is -5.57. The molecule has 4 amide bonds. The van der Waals surface area contributed by atoms with Gasteiger partial charge in [-0.05, 0) is 59.7 Å². The van der Waals surface area contributed by atoms with E-state index in [9.17, 15) is 39.0 Å². The van der Waals surface area contributed by atoms with Crippen molar-refractivity contribution in [3.8, 4) is 11.5 Å². The summed E-state index contributed by atoms with van der Waals surface area (Å²) in [6.07, 6.45) is 3.09. The van der Waals surface area contributed by atoms with Crippen LogP contribution in [-0.2, 0) is 22.4 Å². The largest absolute Gasteiger partial charge is 0.480 e. The first-order valence-corrected chi connectivity index (χ1v) is 15.9. The number of hydrogen-bond acceptors (Lipinski definition) is 7. The van der Waals surface area contributed by atoms with Gasteiger partial charge in [0.05, 0.1) is 22.3 Å². The lowest BCUT2D eigenvalue weighted by atomic mass is 10.0. The zero-order valence-electron chi connectivity index (χ0n) is 26.5. The third-order valence-corrected chi connectivity index (χ3v) is 9.38. The summed E-state index contributed by atoms with van der Waals surface area (Å²) in [5, 5.41) is 21.8. The number of aromatic amines is 2. The Morgan fingerprint density at radius 3 is 1.37 bits per heavy atom. The second-order valence-electron chi connectivity index (χ2n) is 12.3. The molecule has 51 heavy (non-hydrogen) atoms. The molecule has 0 fully saturated rings. The number of hydrogen-bond donors (Lipinski definition) is 4. The van der Waals surface area contributed by atoms with E-state index in [4.69, 9.17) is 4.74 Å². The molecule has 2 aliphatic heterocycles. The van der Waals surface area contributed by atoms with E-state index < -0.39 is 47.7 Å². The Bertz CT molecular complexity index is 2320. The molecule has 0 aliphatic carbocycles. The summed E-state index contributed by atoms with van der Waals surface area (Å²) in [4.78, 5) is 86.3. The Labute approximate surface area is 287 Å². The monoisotopic (exact) mass is 682 g/mol. The zero-order chi connectivity index (χ0) is 35.6. The minimum atomic E-state index is -1.48. The van der Waals surface area contributed by atoms with Crippen molar-refractivity contribution in [1.29, 1.82) is 0 Å². The van der Waals surface area contributed by atoms with E-state index in [0.29, 0.717) is 11.1 Å². The third-order valence-electron chi connectivity index (χ3n) is 9.38. The van der Waals surface area contributed by atoms with Crippen LogP contribution in [0.1, 0.15) is 52.6 Å². The molecule has 2 atom stereocenters. The van der Waals surface area contributed by atoms with Crippen molar-refractivity contribution in [2.45, 2.75) is 24.9 Å². The quantitative estimate of drug-likeness (QED) is 0.144. The second kappa shape index (κ2) is 11.8. The van der Waals surface area contributed by atoms with Crippen molar-refractivity contribution < 1.29 is 43.7 Å². The smallest absolute Gasteiger partial charge is 0.327 e. The predicted molar refractivity (Wildman–Crippen MR) is 181 cm³/mol. The molecule has 4 heterocycles. The average Bonchev–Trinajstić information content (AvgIpc) is 3.85. The number of para-hydroxylation sites is 2. The average molecular weight is 683 g/mol. The van der Waals surface area contributed by atoms with Gasteiger partial charge in [-0.1, -0.05) is 36.4 Å². The number of nitrogens with zero attached hydrogens (tertiary/aromatic N) is 2. The van der Waals surface area contributed by atoms with Gasteiger partial charge in [-0.3, -0.25) is 29.0 Å². The minimum Gasteiger partial charge on any atom is -0.480 e. The summed E-state index contributed by atoms with van der Waals surface area (Å²) in [6, 6.07) is 19.8. The topological polar surface area (TPSA) is 190 Å². The molecule has 0 spiro atoms. The number of rotatable bonds is 10. The first-order valence-electron chi connectivity index (χ1n) is 15.9. The zero-order valence-corrected chi connectivity index (χ0v) is 26.5. The SMILES string of the molecule is O=C(O)C(Cc1c[nH]c2ccccc12)N1C(=O)c2ccc(Oc3ccc4c(c3)C(=O)N(C(Cc3c[nH]c5ccccc35)C(=O)O)C4=O)cc2C1=O. The molecule has 252 valence electrons. The van der Waals surface area contributed by atoms with Crippen LogP contribution < -0.4 is 4.74 Å². The Morgan fingerprint density at radius 1 is 0.569 bits per heavy atom. The van der Waals surface area contributed by atoms with E-state index in [1.807, 2.05) is 48.5 Å². The van der Waals surface area contributed by atoms with Crippen LogP contribution in [0.3, 0.4) is 0 Å². The maximum atomic E-state index is 13.6. The summed E-state index contributed by atoms with van der Waals surface area (Å²) in [6.45, 7) is 0. The van der Waals surface area contributed by atoms with Crippen LogP contribution in [0.2, 0.25) is 0 Å². The molecule has 4 aromatic carbocycles. The van der Waals surface area contributed by atoms with Gasteiger partial charge < -0.3 is 24.9 Å². The maximum Gasteiger partial charge on any atom is 0.327 e. The molecule has 0 bridgehead atoms. The number of fused-ring (bicyclic) bond motifs is 4. The first-order chi connectivity index (χ1) is 24.6. The molecule has 0 saturated carbocycles. The van der Waals surface area contributed by atoms with Crippen molar-refractivity contribution in [1.82, 2.24) is 19.8 Å². The van der Waals surface area contributed by atoms with Gasteiger partial charge in [0.2, 0.25) is 0 Å². The van der Waals surface area contributed by atoms with Crippen molar-refractivity contribution in [2.24, 2.45) is 0 Å². The molecule has 4 N–H and O–H groups in total. The fourth-order valence-electron chi connectivity index (χ4n) is 6.90. The normalized spacial score (nSPS) is 15.1. The first kappa shape index (κ1) is 31.3. The Kier molecular flexibility index (Phi) is 7.26. The van der Waals surface area contributed by atoms with Crippen molar-refractivity contribution in [3.63, 3.8) is 0 Å². The second-order valence-corrected chi connectivity index (χ2v) is 12.3. The lowest BCUT2D eigenvalue weighted by Gasteiger charge is -2.22. The molecule has 6 aromatic rings. The van der Waals surface area contributed by atoms with E-state index in [2.05, 4.69) is 9.97 Å². The fourth-order valence-corrected chi connectivity index (χ4v) is 6.90.